The van der Waals surface area contributed by atoms with E-state index in [9.17, 15) is 4.79 Å². The second kappa shape index (κ2) is 9.19. The highest BCUT2D eigenvalue weighted by atomic mass is 16.5. The van der Waals surface area contributed by atoms with Crippen LogP contribution in [0.25, 0.3) is 0 Å². The molecule has 0 saturated heterocycles. The van der Waals surface area contributed by atoms with Crippen LogP contribution in [0.1, 0.15) is 50.5 Å². The van der Waals surface area contributed by atoms with Crippen molar-refractivity contribution < 1.29 is 14.6 Å². The van der Waals surface area contributed by atoms with Gasteiger partial charge in [-0.1, -0.05) is 42.5 Å². The van der Waals surface area contributed by atoms with Gasteiger partial charge in [0, 0.05) is 6.42 Å². The molecule has 0 unspecified atom stereocenters. The molecule has 2 aliphatic rings. The molecule has 2 saturated carbocycles. The van der Waals surface area contributed by atoms with Gasteiger partial charge in [-0.05, 0) is 67.8 Å². The van der Waals surface area contributed by atoms with E-state index in [0.29, 0.717) is 12.5 Å². The molecule has 0 radical (unpaired) electrons. The van der Waals surface area contributed by atoms with E-state index in [0.717, 1.165) is 43.6 Å². The first-order valence-electron chi connectivity index (χ1n) is 9.72. The molecule has 1 N–H and O–H groups in total. The fourth-order valence-electron chi connectivity index (χ4n) is 4.79. The average Bonchev–Trinajstić information content (AvgIpc) is 3.21. The minimum Gasteiger partial charge on any atom is -0.481 e. The number of hydrogen-bond acceptors (Lipinski definition) is 2. The number of rotatable bonds is 10. The third kappa shape index (κ3) is 5.18. The molecular weight excluding hydrogens is 312 g/mol. The zero-order chi connectivity index (χ0) is 17.5. The lowest BCUT2D eigenvalue weighted by molar-refractivity contribution is -0.137. The van der Waals surface area contributed by atoms with E-state index in [1.807, 2.05) is 6.07 Å². The summed E-state index contributed by atoms with van der Waals surface area (Å²) in [7, 11) is 0. The van der Waals surface area contributed by atoms with Crippen molar-refractivity contribution in [3.63, 3.8) is 0 Å². The molecule has 1 aromatic carbocycles. The van der Waals surface area contributed by atoms with Crippen molar-refractivity contribution in [2.75, 3.05) is 6.61 Å². The molecule has 2 bridgehead atoms. The summed E-state index contributed by atoms with van der Waals surface area (Å²) in [5, 5.41) is 8.68. The number of aliphatic carboxylic acids is 1. The van der Waals surface area contributed by atoms with Crippen LogP contribution in [-0.2, 0) is 16.1 Å². The van der Waals surface area contributed by atoms with E-state index < -0.39 is 5.97 Å². The topological polar surface area (TPSA) is 46.5 Å². The molecule has 3 rings (SSSR count). The van der Waals surface area contributed by atoms with Crippen molar-refractivity contribution in [2.45, 2.75) is 51.6 Å². The first-order chi connectivity index (χ1) is 12.2. The van der Waals surface area contributed by atoms with Crippen molar-refractivity contribution in [1.29, 1.82) is 0 Å². The lowest BCUT2D eigenvalue weighted by atomic mass is 9.78. The minimum absolute atomic E-state index is 0.272. The van der Waals surface area contributed by atoms with E-state index in [4.69, 9.17) is 9.84 Å². The normalized spacial score (nSPS) is 28.0. The number of allylic oxidation sites excluding steroid dienone is 2. The second-order valence-electron chi connectivity index (χ2n) is 7.65. The van der Waals surface area contributed by atoms with Crippen molar-refractivity contribution in [3.05, 3.63) is 48.0 Å². The van der Waals surface area contributed by atoms with Crippen LogP contribution in [0, 0.1) is 23.7 Å². The SMILES string of the molecule is O=C(O)CCCC=CC[C@H]1[C@H]2CC[C@H](C2)[C@H]1COCc1ccccc1. The quantitative estimate of drug-likeness (QED) is 0.477. The predicted octanol–water partition coefficient (Wildman–Crippen LogP) is 5.07. The molecule has 3 heteroatoms. The molecule has 25 heavy (non-hydrogen) atoms. The van der Waals surface area contributed by atoms with Gasteiger partial charge in [0.15, 0.2) is 0 Å². The van der Waals surface area contributed by atoms with E-state index in [2.05, 4.69) is 36.4 Å². The lowest BCUT2D eigenvalue weighted by Crippen LogP contribution is -2.26. The Labute approximate surface area is 151 Å². The Balaban J connectivity index is 1.43. The number of benzene rings is 1. The van der Waals surface area contributed by atoms with Gasteiger partial charge < -0.3 is 9.84 Å². The molecule has 0 spiro atoms. The van der Waals surface area contributed by atoms with Crippen molar-refractivity contribution in [1.82, 2.24) is 0 Å². The van der Waals surface area contributed by atoms with Crippen LogP contribution in [-0.4, -0.2) is 17.7 Å². The van der Waals surface area contributed by atoms with E-state index in [-0.39, 0.29) is 6.42 Å². The Kier molecular flexibility index (Phi) is 6.69. The van der Waals surface area contributed by atoms with Crippen LogP contribution in [0.3, 0.4) is 0 Å². The molecule has 0 heterocycles. The van der Waals surface area contributed by atoms with Gasteiger partial charge in [0.05, 0.1) is 13.2 Å². The molecule has 0 aliphatic heterocycles. The fourth-order valence-corrected chi connectivity index (χ4v) is 4.79. The van der Waals surface area contributed by atoms with Gasteiger partial charge in [0.2, 0.25) is 0 Å². The van der Waals surface area contributed by atoms with Gasteiger partial charge in [-0.25, -0.2) is 0 Å². The zero-order valence-electron chi connectivity index (χ0n) is 15.0. The Hall–Kier alpha value is -1.61. The fraction of sp³-hybridized carbons (Fsp3) is 0.591. The Bertz CT molecular complexity index is 566. The highest BCUT2D eigenvalue weighted by Gasteiger charge is 2.46. The van der Waals surface area contributed by atoms with Crippen molar-refractivity contribution in [3.8, 4) is 0 Å². The van der Waals surface area contributed by atoms with Crippen LogP contribution in [0.4, 0.5) is 0 Å². The maximum absolute atomic E-state index is 10.5. The zero-order valence-corrected chi connectivity index (χ0v) is 15.0. The summed E-state index contributed by atoms with van der Waals surface area (Å²) < 4.78 is 6.07. The number of hydrogen-bond donors (Lipinski definition) is 1. The lowest BCUT2D eigenvalue weighted by Gasteiger charge is -2.30. The number of unbranched alkanes of at least 4 members (excludes halogenated alkanes) is 1. The summed E-state index contributed by atoms with van der Waals surface area (Å²) in [5.74, 6) is 2.48. The van der Waals surface area contributed by atoms with E-state index in [1.165, 1.54) is 24.8 Å². The molecule has 4 atom stereocenters. The third-order valence-electron chi connectivity index (χ3n) is 6.03. The van der Waals surface area contributed by atoms with Gasteiger partial charge >= 0.3 is 5.97 Å². The molecule has 3 nitrogen and oxygen atoms in total. The summed E-state index contributed by atoms with van der Waals surface area (Å²) in [6.45, 7) is 1.60. The molecule has 0 aromatic heterocycles. The molecule has 0 amide bonds. The monoisotopic (exact) mass is 342 g/mol. The van der Waals surface area contributed by atoms with Gasteiger partial charge in [-0.3, -0.25) is 4.79 Å². The first-order valence-corrected chi connectivity index (χ1v) is 9.72. The highest BCUT2D eigenvalue weighted by Crippen LogP contribution is 2.53. The van der Waals surface area contributed by atoms with Crippen LogP contribution in [0.15, 0.2) is 42.5 Å². The number of fused-ring (bicyclic) bond motifs is 2. The van der Waals surface area contributed by atoms with Gasteiger partial charge in [-0.2, -0.15) is 0 Å². The standard InChI is InChI=1S/C22H30O3/c23-22(24)11-7-2-1-6-10-20-18-12-13-19(14-18)21(20)16-25-15-17-8-4-3-5-9-17/h1,3-6,8-9,18-21H,2,7,10-16H2,(H,23,24)/t18-,19+,20-,21+/m0/s1. The smallest absolute Gasteiger partial charge is 0.303 e. The van der Waals surface area contributed by atoms with Gasteiger partial charge in [0.25, 0.3) is 0 Å². The number of ether oxygens (including phenoxy) is 1. The molecule has 2 fully saturated rings. The first kappa shape index (κ1) is 18.2. The van der Waals surface area contributed by atoms with Gasteiger partial charge in [-0.15, -0.1) is 0 Å². The highest BCUT2D eigenvalue weighted by molar-refractivity contribution is 5.66. The van der Waals surface area contributed by atoms with Crippen LogP contribution < -0.4 is 0 Å². The second-order valence-corrected chi connectivity index (χ2v) is 7.65. The summed E-state index contributed by atoms with van der Waals surface area (Å²) in [6.07, 6.45) is 11.6. The summed E-state index contributed by atoms with van der Waals surface area (Å²) in [5.41, 5.74) is 1.25. The van der Waals surface area contributed by atoms with Crippen LogP contribution >= 0.6 is 0 Å². The van der Waals surface area contributed by atoms with E-state index >= 15 is 0 Å². The number of carboxylic acids is 1. The Morgan fingerprint density at radius 3 is 2.64 bits per heavy atom. The van der Waals surface area contributed by atoms with Crippen LogP contribution in [0.5, 0.6) is 0 Å². The maximum atomic E-state index is 10.5. The average molecular weight is 342 g/mol. The third-order valence-corrected chi connectivity index (χ3v) is 6.03. The van der Waals surface area contributed by atoms with E-state index in [1.54, 1.807) is 0 Å². The molecule has 1 aromatic rings. The molecule has 2 aliphatic carbocycles. The minimum atomic E-state index is -0.697. The maximum Gasteiger partial charge on any atom is 0.303 e. The number of carboxylic acid groups (broad SMARTS) is 1. The molecule has 136 valence electrons. The van der Waals surface area contributed by atoms with Crippen molar-refractivity contribution >= 4 is 5.97 Å². The largest absolute Gasteiger partial charge is 0.481 e. The van der Waals surface area contributed by atoms with Gasteiger partial charge in [0.1, 0.15) is 0 Å². The van der Waals surface area contributed by atoms with Crippen LogP contribution in [0.2, 0.25) is 0 Å². The Morgan fingerprint density at radius 2 is 1.88 bits per heavy atom. The predicted molar refractivity (Wildman–Crippen MR) is 99.2 cm³/mol. The summed E-state index contributed by atoms with van der Waals surface area (Å²) in [4.78, 5) is 10.5. The van der Waals surface area contributed by atoms with Crippen molar-refractivity contribution in [2.24, 2.45) is 23.7 Å². The summed E-state index contributed by atoms with van der Waals surface area (Å²) >= 11 is 0. The molecular formula is C22H30O3. The number of carbonyl (C=O) groups is 1. The Morgan fingerprint density at radius 1 is 1.12 bits per heavy atom. The summed E-state index contributed by atoms with van der Waals surface area (Å²) in [6, 6.07) is 10.4.